The number of amides is 1. The molecule has 1 aromatic carbocycles. The van der Waals surface area contributed by atoms with E-state index in [2.05, 4.69) is 10.3 Å². The van der Waals surface area contributed by atoms with Crippen molar-refractivity contribution in [3.63, 3.8) is 0 Å². The van der Waals surface area contributed by atoms with Gasteiger partial charge in [-0.25, -0.2) is 4.39 Å². The number of nitrogens with one attached hydrogen (secondary N) is 1. The molecule has 3 N–H and O–H groups in total. The van der Waals surface area contributed by atoms with Gasteiger partial charge in [-0.1, -0.05) is 0 Å². The van der Waals surface area contributed by atoms with E-state index in [1.54, 1.807) is 11.7 Å². The van der Waals surface area contributed by atoms with E-state index in [1.807, 2.05) is 0 Å². The van der Waals surface area contributed by atoms with Gasteiger partial charge in [0.25, 0.3) is 11.6 Å². The van der Waals surface area contributed by atoms with Gasteiger partial charge in [-0.3, -0.25) is 19.9 Å². The van der Waals surface area contributed by atoms with Crippen molar-refractivity contribution in [2.75, 3.05) is 5.73 Å². The molecule has 104 valence electrons. The van der Waals surface area contributed by atoms with Crippen molar-refractivity contribution in [1.29, 1.82) is 0 Å². The molecular weight excluding hydrogens is 287 g/mol. The quantitative estimate of drug-likeness (QED) is 0.506. The monoisotopic (exact) mass is 296 g/mol. The van der Waals surface area contributed by atoms with Gasteiger partial charge in [0.1, 0.15) is 5.56 Å². The number of nitro benzene ring substituents is 1. The fourth-order valence-corrected chi connectivity index (χ4v) is 2.04. The number of thiazole rings is 1. The van der Waals surface area contributed by atoms with Gasteiger partial charge in [-0.2, -0.15) is 0 Å². The van der Waals surface area contributed by atoms with Crippen molar-refractivity contribution in [2.45, 2.75) is 6.54 Å². The van der Waals surface area contributed by atoms with Crippen LogP contribution in [0.3, 0.4) is 0 Å². The maximum absolute atomic E-state index is 13.2. The number of benzene rings is 1. The molecule has 1 amide bonds. The summed E-state index contributed by atoms with van der Waals surface area (Å²) in [4.78, 5) is 26.5. The van der Waals surface area contributed by atoms with Crippen molar-refractivity contribution in [2.24, 2.45) is 0 Å². The number of rotatable bonds is 4. The molecule has 2 aromatic rings. The van der Waals surface area contributed by atoms with Gasteiger partial charge in [0.05, 0.1) is 28.7 Å². The highest BCUT2D eigenvalue weighted by Gasteiger charge is 2.22. The number of nitro groups is 1. The molecule has 2 rings (SSSR count). The summed E-state index contributed by atoms with van der Waals surface area (Å²) < 4.78 is 13.2. The average Bonchev–Trinajstić information content (AvgIpc) is 2.91. The van der Waals surface area contributed by atoms with Crippen LogP contribution in [-0.2, 0) is 6.54 Å². The summed E-state index contributed by atoms with van der Waals surface area (Å²) in [5.74, 6) is -1.63. The van der Waals surface area contributed by atoms with Gasteiger partial charge in [0.15, 0.2) is 5.82 Å². The molecule has 0 bridgehead atoms. The number of aromatic nitrogens is 1. The molecule has 0 radical (unpaired) electrons. The first kappa shape index (κ1) is 13.9. The summed E-state index contributed by atoms with van der Waals surface area (Å²) in [6.07, 6.45) is 1.57. The van der Waals surface area contributed by atoms with E-state index in [1.165, 1.54) is 11.3 Å². The van der Waals surface area contributed by atoms with Crippen LogP contribution in [0.1, 0.15) is 15.2 Å². The first-order valence-corrected chi connectivity index (χ1v) is 6.26. The van der Waals surface area contributed by atoms with E-state index >= 15 is 0 Å². The highest BCUT2D eigenvalue weighted by atomic mass is 32.1. The van der Waals surface area contributed by atoms with Gasteiger partial charge in [0, 0.05) is 11.1 Å². The Kier molecular flexibility index (Phi) is 3.89. The summed E-state index contributed by atoms with van der Waals surface area (Å²) >= 11 is 1.33. The molecule has 0 atom stereocenters. The van der Waals surface area contributed by atoms with Crippen molar-refractivity contribution in [1.82, 2.24) is 10.3 Å². The summed E-state index contributed by atoms with van der Waals surface area (Å²) in [7, 11) is 0. The Hall–Kier alpha value is -2.55. The Labute approximate surface area is 116 Å². The zero-order chi connectivity index (χ0) is 14.7. The fraction of sp³-hybridized carbons (Fsp3) is 0.0909. The van der Waals surface area contributed by atoms with Gasteiger partial charge < -0.3 is 11.1 Å². The number of nitrogen functional groups attached to an aromatic ring is 1. The SMILES string of the molecule is Nc1cc(C(=O)NCc2cncs2)c([N+](=O)[O-])cc1F. The second-order valence-electron chi connectivity index (χ2n) is 3.80. The van der Waals surface area contributed by atoms with Crippen molar-refractivity contribution in [3.05, 3.63) is 50.2 Å². The molecule has 0 spiro atoms. The molecule has 9 heteroatoms. The Morgan fingerprint density at radius 2 is 2.30 bits per heavy atom. The molecule has 0 aliphatic carbocycles. The van der Waals surface area contributed by atoms with Gasteiger partial charge in [-0.15, -0.1) is 11.3 Å². The molecule has 0 unspecified atom stereocenters. The number of hydrogen-bond acceptors (Lipinski definition) is 6. The lowest BCUT2D eigenvalue weighted by Gasteiger charge is -2.06. The molecule has 7 nitrogen and oxygen atoms in total. The van der Waals surface area contributed by atoms with Crippen LogP contribution < -0.4 is 11.1 Å². The normalized spacial score (nSPS) is 10.2. The highest BCUT2D eigenvalue weighted by Crippen LogP contribution is 2.24. The Bertz CT molecular complexity index is 660. The molecule has 1 heterocycles. The van der Waals surface area contributed by atoms with Crippen molar-refractivity contribution >= 4 is 28.6 Å². The Morgan fingerprint density at radius 1 is 1.55 bits per heavy atom. The predicted molar refractivity (Wildman–Crippen MR) is 70.8 cm³/mol. The second-order valence-corrected chi connectivity index (χ2v) is 4.77. The third kappa shape index (κ3) is 2.88. The molecule has 0 fully saturated rings. The van der Waals surface area contributed by atoms with Crippen LogP contribution in [0.5, 0.6) is 0 Å². The van der Waals surface area contributed by atoms with Crippen LogP contribution in [-0.4, -0.2) is 15.8 Å². The van der Waals surface area contributed by atoms with Gasteiger partial charge >= 0.3 is 0 Å². The number of halogens is 1. The largest absolute Gasteiger partial charge is 0.396 e. The summed E-state index contributed by atoms with van der Waals surface area (Å²) in [5, 5.41) is 13.3. The van der Waals surface area contributed by atoms with E-state index in [-0.39, 0.29) is 17.8 Å². The van der Waals surface area contributed by atoms with Crippen LogP contribution in [0, 0.1) is 15.9 Å². The van der Waals surface area contributed by atoms with Crippen molar-refractivity contribution in [3.8, 4) is 0 Å². The van der Waals surface area contributed by atoms with Crippen LogP contribution in [0.25, 0.3) is 0 Å². The maximum atomic E-state index is 13.2. The van der Waals surface area contributed by atoms with E-state index in [0.29, 0.717) is 6.07 Å². The third-order valence-electron chi connectivity index (χ3n) is 2.46. The number of anilines is 1. The zero-order valence-corrected chi connectivity index (χ0v) is 10.8. The highest BCUT2D eigenvalue weighted by molar-refractivity contribution is 7.09. The molecule has 0 saturated carbocycles. The van der Waals surface area contributed by atoms with E-state index in [9.17, 15) is 19.3 Å². The Balaban J connectivity index is 2.24. The molecule has 20 heavy (non-hydrogen) atoms. The lowest BCUT2D eigenvalue weighted by Crippen LogP contribution is -2.23. The summed E-state index contributed by atoms with van der Waals surface area (Å²) in [6.45, 7) is 0.179. The van der Waals surface area contributed by atoms with Gasteiger partial charge in [0.2, 0.25) is 0 Å². The molecular formula is C11H9FN4O3S. The molecule has 0 aliphatic heterocycles. The van der Waals surface area contributed by atoms with Crippen LogP contribution >= 0.6 is 11.3 Å². The number of carbonyl (C=O) groups is 1. The predicted octanol–water partition coefficient (Wildman–Crippen LogP) is 1.70. The molecule has 1 aromatic heterocycles. The minimum Gasteiger partial charge on any atom is -0.396 e. The smallest absolute Gasteiger partial charge is 0.285 e. The number of nitrogens with zero attached hydrogens (tertiary/aromatic N) is 2. The van der Waals surface area contributed by atoms with Crippen LogP contribution in [0.2, 0.25) is 0 Å². The van der Waals surface area contributed by atoms with E-state index in [0.717, 1.165) is 10.9 Å². The van der Waals surface area contributed by atoms with Crippen LogP contribution in [0.15, 0.2) is 23.8 Å². The first-order chi connectivity index (χ1) is 9.49. The summed E-state index contributed by atoms with van der Waals surface area (Å²) in [5.41, 5.74) is 5.70. The maximum Gasteiger partial charge on any atom is 0.285 e. The minimum absolute atomic E-state index is 0.179. The lowest BCUT2D eigenvalue weighted by molar-refractivity contribution is -0.385. The minimum atomic E-state index is -0.935. The number of hydrogen-bond donors (Lipinski definition) is 2. The van der Waals surface area contributed by atoms with E-state index < -0.39 is 22.3 Å². The average molecular weight is 296 g/mol. The molecule has 0 saturated heterocycles. The van der Waals surface area contributed by atoms with E-state index in [4.69, 9.17) is 5.73 Å². The fourth-order valence-electron chi connectivity index (χ4n) is 1.50. The summed E-state index contributed by atoms with van der Waals surface area (Å²) in [6, 6.07) is 1.59. The number of nitrogens with two attached hydrogens (primary N) is 1. The van der Waals surface area contributed by atoms with Crippen LogP contribution in [0.4, 0.5) is 15.8 Å². The first-order valence-electron chi connectivity index (χ1n) is 5.38. The Morgan fingerprint density at radius 3 is 2.90 bits per heavy atom. The van der Waals surface area contributed by atoms with Gasteiger partial charge in [-0.05, 0) is 6.07 Å². The lowest BCUT2D eigenvalue weighted by atomic mass is 10.1. The standard InChI is InChI=1S/C11H9FN4O3S/c12-8-2-10(16(18)19)7(1-9(8)13)11(17)15-4-6-3-14-5-20-6/h1-3,5H,4,13H2,(H,15,17). The zero-order valence-electron chi connectivity index (χ0n) is 10.00. The third-order valence-corrected chi connectivity index (χ3v) is 3.24. The second kappa shape index (κ2) is 5.61. The molecule has 0 aliphatic rings. The number of carbonyl (C=O) groups excluding carboxylic acids is 1. The topological polar surface area (TPSA) is 111 Å². The van der Waals surface area contributed by atoms with Crippen molar-refractivity contribution < 1.29 is 14.1 Å².